The lowest BCUT2D eigenvalue weighted by Gasteiger charge is -2.39. The van der Waals surface area contributed by atoms with Gasteiger partial charge >= 0.3 is 5.97 Å². The van der Waals surface area contributed by atoms with Gasteiger partial charge in [-0.1, -0.05) is 45.0 Å². The van der Waals surface area contributed by atoms with Crippen molar-refractivity contribution in [1.82, 2.24) is 15.1 Å². The van der Waals surface area contributed by atoms with Crippen LogP contribution in [0.15, 0.2) is 41.1 Å². The molecule has 0 spiro atoms. The molecule has 0 fully saturated rings. The average Bonchev–Trinajstić information content (AvgIpc) is 3.15. The van der Waals surface area contributed by atoms with Gasteiger partial charge in [-0.25, -0.2) is 9.78 Å². The summed E-state index contributed by atoms with van der Waals surface area (Å²) in [6, 6.07) is 8.35. The SMILES string of the molecule is CC1(C)CCC(C)(C)c2nc(-c3cc(-c4ccc(C(=O)O)cc4)no3)cnc21. The zero-order chi connectivity index (χ0) is 20.1. The third-order valence-corrected chi connectivity index (χ3v) is 5.62. The molecule has 144 valence electrons. The van der Waals surface area contributed by atoms with E-state index in [1.807, 2.05) is 6.07 Å². The summed E-state index contributed by atoms with van der Waals surface area (Å²) in [5, 5.41) is 13.1. The molecule has 0 atom stereocenters. The van der Waals surface area contributed by atoms with Gasteiger partial charge in [0.1, 0.15) is 11.4 Å². The van der Waals surface area contributed by atoms with E-state index in [0.29, 0.717) is 17.1 Å². The Morgan fingerprint density at radius 1 is 1.00 bits per heavy atom. The van der Waals surface area contributed by atoms with E-state index in [1.165, 1.54) is 0 Å². The van der Waals surface area contributed by atoms with Crippen LogP contribution in [0.5, 0.6) is 0 Å². The number of nitrogens with zero attached hydrogens (tertiary/aromatic N) is 3. The molecule has 0 aliphatic heterocycles. The van der Waals surface area contributed by atoms with Gasteiger partial charge in [-0.05, 0) is 25.0 Å². The summed E-state index contributed by atoms with van der Waals surface area (Å²) in [6.07, 6.45) is 3.89. The van der Waals surface area contributed by atoms with E-state index >= 15 is 0 Å². The standard InChI is InChI=1S/C22H23N3O3/c1-21(2)9-10-22(3,4)19-18(21)23-12-16(24-19)17-11-15(25-28-17)13-5-7-14(8-6-13)20(26)27/h5-8,11-12H,9-10H2,1-4H3,(H,26,27). The Hall–Kier alpha value is -3.02. The minimum absolute atomic E-state index is 0.00877. The highest BCUT2D eigenvalue weighted by molar-refractivity contribution is 5.88. The van der Waals surface area contributed by atoms with Crippen LogP contribution in [0.1, 0.15) is 62.3 Å². The Morgan fingerprint density at radius 3 is 2.29 bits per heavy atom. The van der Waals surface area contributed by atoms with Crippen LogP contribution in [0.3, 0.4) is 0 Å². The first-order chi connectivity index (χ1) is 13.2. The van der Waals surface area contributed by atoms with E-state index in [2.05, 4.69) is 32.9 Å². The number of rotatable bonds is 3. The minimum Gasteiger partial charge on any atom is -0.478 e. The number of carboxylic acid groups (broad SMARTS) is 1. The second-order valence-corrected chi connectivity index (χ2v) is 8.68. The van der Waals surface area contributed by atoms with Crippen LogP contribution in [0, 0.1) is 0 Å². The zero-order valence-corrected chi connectivity index (χ0v) is 16.5. The number of carboxylic acids is 1. The van der Waals surface area contributed by atoms with Crippen LogP contribution in [-0.4, -0.2) is 26.2 Å². The molecule has 3 aromatic rings. The molecule has 6 heteroatoms. The van der Waals surface area contributed by atoms with Crippen LogP contribution < -0.4 is 0 Å². The van der Waals surface area contributed by atoms with Crippen molar-refractivity contribution in [1.29, 1.82) is 0 Å². The van der Waals surface area contributed by atoms with Crippen molar-refractivity contribution in [2.45, 2.75) is 51.4 Å². The number of hydrogen-bond donors (Lipinski definition) is 1. The maximum Gasteiger partial charge on any atom is 0.335 e. The van der Waals surface area contributed by atoms with Gasteiger partial charge in [0.15, 0.2) is 5.76 Å². The quantitative estimate of drug-likeness (QED) is 0.702. The third kappa shape index (κ3) is 3.09. The molecule has 1 aliphatic carbocycles. The fraction of sp³-hybridized carbons (Fsp3) is 0.364. The summed E-state index contributed by atoms with van der Waals surface area (Å²) < 4.78 is 5.53. The van der Waals surface area contributed by atoms with E-state index in [-0.39, 0.29) is 16.4 Å². The first-order valence-corrected chi connectivity index (χ1v) is 9.36. The molecule has 1 aromatic carbocycles. The maximum atomic E-state index is 11.0. The second kappa shape index (κ2) is 6.26. The Bertz CT molecular complexity index is 1050. The van der Waals surface area contributed by atoms with Crippen LogP contribution in [0.4, 0.5) is 0 Å². The Labute approximate surface area is 163 Å². The van der Waals surface area contributed by atoms with Crippen LogP contribution in [0.2, 0.25) is 0 Å². The van der Waals surface area contributed by atoms with Crippen molar-refractivity contribution in [3.05, 3.63) is 53.5 Å². The fourth-order valence-electron chi connectivity index (χ4n) is 3.65. The van der Waals surface area contributed by atoms with Crippen molar-refractivity contribution >= 4 is 5.97 Å². The second-order valence-electron chi connectivity index (χ2n) is 8.68. The molecule has 1 aliphatic rings. The fourth-order valence-corrected chi connectivity index (χ4v) is 3.65. The summed E-state index contributed by atoms with van der Waals surface area (Å²) in [6.45, 7) is 8.83. The topological polar surface area (TPSA) is 89.1 Å². The Kier molecular flexibility index (Phi) is 4.10. The van der Waals surface area contributed by atoms with Crippen molar-refractivity contribution in [2.24, 2.45) is 0 Å². The molecule has 0 amide bonds. The average molecular weight is 377 g/mol. The van der Waals surface area contributed by atoms with Gasteiger partial charge in [0.2, 0.25) is 0 Å². The van der Waals surface area contributed by atoms with Gasteiger partial charge in [0.25, 0.3) is 0 Å². The van der Waals surface area contributed by atoms with Gasteiger partial charge in [0.05, 0.1) is 23.1 Å². The Morgan fingerprint density at radius 2 is 1.64 bits per heavy atom. The van der Waals surface area contributed by atoms with Crippen LogP contribution in [0.25, 0.3) is 22.7 Å². The van der Waals surface area contributed by atoms with E-state index in [0.717, 1.165) is 29.8 Å². The molecule has 2 heterocycles. The number of benzene rings is 1. The number of carbonyl (C=O) groups is 1. The Balaban J connectivity index is 1.71. The van der Waals surface area contributed by atoms with Gasteiger partial charge in [-0.3, -0.25) is 4.98 Å². The predicted octanol–water partition coefficient (Wildman–Crippen LogP) is 4.85. The number of aromatic nitrogens is 3. The van der Waals surface area contributed by atoms with Crippen molar-refractivity contribution in [3.63, 3.8) is 0 Å². The lowest BCUT2D eigenvalue weighted by atomic mass is 9.67. The van der Waals surface area contributed by atoms with Crippen LogP contribution >= 0.6 is 0 Å². The molecule has 2 aromatic heterocycles. The normalized spacial score (nSPS) is 17.1. The van der Waals surface area contributed by atoms with Gasteiger partial charge in [-0.2, -0.15) is 0 Å². The van der Waals surface area contributed by atoms with Gasteiger partial charge in [-0.15, -0.1) is 0 Å². The summed E-state index contributed by atoms with van der Waals surface area (Å²) >= 11 is 0. The van der Waals surface area contributed by atoms with Gasteiger partial charge in [0, 0.05) is 22.5 Å². The highest BCUT2D eigenvalue weighted by Crippen LogP contribution is 2.44. The molecule has 0 bridgehead atoms. The van der Waals surface area contributed by atoms with E-state index in [1.54, 1.807) is 30.5 Å². The predicted molar refractivity (Wildman–Crippen MR) is 105 cm³/mol. The summed E-state index contributed by atoms with van der Waals surface area (Å²) in [4.78, 5) is 20.6. The molecular formula is C22H23N3O3. The minimum atomic E-state index is -0.956. The summed E-state index contributed by atoms with van der Waals surface area (Å²) in [5.41, 5.74) is 4.35. The molecule has 4 rings (SSSR count). The molecule has 0 unspecified atom stereocenters. The third-order valence-electron chi connectivity index (χ3n) is 5.62. The zero-order valence-electron chi connectivity index (χ0n) is 16.5. The lowest BCUT2D eigenvalue weighted by Crippen LogP contribution is -2.36. The highest BCUT2D eigenvalue weighted by Gasteiger charge is 2.39. The molecule has 1 N–H and O–H groups in total. The van der Waals surface area contributed by atoms with Crippen molar-refractivity contribution in [3.8, 4) is 22.7 Å². The summed E-state index contributed by atoms with van der Waals surface area (Å²) in [7, 11) is 0. The maximum absolute atomic E-state index is 11.0. The van der Waals surface area contributed by atoms with E-state index in [9.17, 15) is 4.79 Å². The summed E-state index contributed by atoms with van der Waals surface area (Å²) in [5.74, 6) is -0.408. The smallest absolute Gasteiger partial charge is 0.335 e. The van der Waals surface area contributed by atoms with Crippen molar-refractivity contribution in [2.75, 3.05) is 0 Å². The largest absolute Gasteiger partial charge is 0.478 e. The number of fused-ring (bicyclic) bond motifs is 1. The van der Waals surface area contributed by atoms with Crippen molar-refractivity contribution < 1.29 is 14.4 Å². The van der Waals surface area contributed by atoms with Gasteiger partial charge < -0.3 is 9.63 Å². The van der Waals surface area contributed by atoms with E-state index in [4.69, 9.17) is 19.6 Å². The number of hydrogen-bond acceptors (Lipinski definition) is 5. The van der Waals surface area contributed by atoms with E-state index < -0.39 is 5.97 Å². The molecule has 28 heavy (non-hydrogen) atoms. The molecule has 0 saturated carbocycles. The van der Waals surface area contributed by atoms with Crippen LogP contribution in [-0.2, 0) is 10.8 Å². The highest BCUT2D eigenvalue weighted by atomic mass is 16.5. The molecule has 6 nitrogen and oxygen atoms in total. The first kappa shape index (κ1) is 18.3. The molecule has 0 radical (unpaired) electrons. The number of aromatic carboxylic acids is 1. The molecular weight excluding hydrogens is 354 g/mol. The molecule has 0 saturated heterocycles. The lowest BCUT2D eigenvalue weighted by molar-refractivity contribution is 0.0697. The monoisotopic (exact) mass is 377 g/mol. The first-order valence-electron chi connectivity index (χ1n) is 9.36.